The first kappa shape index (κ1) is 12.0. The Morgan fingerprint density at radius 3 is 3.00 bits per heavy atom. The van der Waals surface area contributed by atoms with Gasteiger partial charge in [-0.1, -0.05) is 18.9 Å². The number of rotatable bonds is 1. The van der Waals surface area contributed by atoms with Gasteiger partial charge < -0.3 is 10.2 Å². The third kappa shape index (κ3) is 2.01. The fourth-order valence-electron chi connectivity index (χ4n) is 3.47. The van der Waals surface area contributed by atoms with Gasteiger partial charge in [0.2, 0.25) is 0 Å². The first-order chi connectivity index (χ1) is 8.77. The Bertz CT molecular complexity index is 431. The van der Waals surface area contributed by atoms with E-state index in [0.717, 1.165) is 24.3 Å². The van der Waals surface area contributed by atoms with Crippen molar-refractivity contribution in [3.8, 4) is 0 Å². The Morgan fingerprint density at radius 2 is 2.11 bits per heavy atom. The number of hydrogen-bond acceptors (Lipinski definition) is 2. The van der Waals surface area contributed by atoms with Crippen LogP contribution >= 0.6 is 0 Å². The lowest BCUT2D eigenvalue weighted by Crippen LogP contribution is -2.59. The van der Waals surface area contributed by atoms with Crippen molar-refractivity contribution in [3.63, 3.8) is 0 Å². The lowest BCUT2D eigenvalue weighted by atomic mass is 9.87. The number of halogens is 1. The van der Waals surface area contributed by atoms with Gasteiger partial charge in [0.15, 0.2) is 0 Å². The highest BCUT2D eigenvalue weighted by Gasteiger charge is 2.33. The van der Waals surface area contributed by atoms with Crippen molar-refractivity contribution in [1.29, 1.82) is 0 Å². The molecule has 0 spiro atoms. The van der Waals surface area contributed by atoms with E-state index >= 15 is 0 Å². The van der Waals surface area contributed by atoms with Crippen molar-refractivity contribution < 1.29 is 4.39 Å². The summed E-state index contributed by atoms with van der Waals surface area (Å²) in [6.07, 6.45) is 5.11. The van der Waals surface area contributed by atoms with Gasteiger partial charge in [-0.2, -0.15) is 0 Å². The van der Waals surface area contributed by atoms with E-state index in [1.54, 1.807) is 6.07 Å². The van der Waals surface area contributed by atoms with E-state index in [1.165, 1.54) is 25.7 Å². The zero-order valence-electron chi connectivity index (χ0n) is 11.0. The van der Waals surface area contributed by atoms with Crippen LogP contribution < -0.4 is 10.2 Å². The summed E-state index contributed by atoms with van der Waals surface area (Å²) >= 11 is 0. The first-order valence-electron chi connectivity index (χ1n) is 7.02. The van der Waals surface area contributed by atoms with Crippen LogP contribution in [-0.2, 0) is 0 Å². The summed E-state index contributed by atoms with van der Waals surface area (Å²) in [4.78, 5) is 2.43. The lowest BCUT2D eigenvalue weighted by molar-refractivity contribution is 0.284. The number of piperazine rings is 1. The molecular formula is C15H21FN2. The van der Waals surface area contributed by atoms with E-state index < -0.39 is 0 Å². The molecule has 0 aromatic heterocycles. The van der Waals surface area contributed by atoms with Crippen molar-refractivity contribution in [2.75, 3.05) is 18.0 Å². The van der Waals surface area contributed by atoms with Crippen molar-refractivity contribution in [1.82, 2.24) is 5.32 Å². The predicted octanol–water partition coefficient (Wildman–Crippen LogP) is 2.85. The van der Waals surface area contributed by atoms with Crippen LogP contribution in [0.25, 0.3) is 0 Å². The van der Waals surface area contributed by atoms with E-state index in [4.69, 9.17) is 0 Å². The normalized spacial score (nSPS) is 28.0. The zero-order valence-corrected chi connectivity index (χ0v) is 11.0. The molecule has 1 heterocycles. The second-order valence-corrected chi connectivity index (χ2v) is 5.49. The highest BCUT2D eigenvalue weighted by Crippen LogP contribution is 2.32. The SMILES string of the molecule is Cc1c(F)cccc1N1CCNC2CCCCC21. The van der Waals surface area contributed by atoms with Gasteiger partial charge in [-0.25, -0.2) is 4.39 Å². The van der Waals surface area contributed by atoms with Gasteiger partial charge in [0.1, 0.15) is 5.82 Å². The number of hydrogen-bond donors (Lipinski definition) is 1. The fourth-order valence-corrected chi connectivity index (χ4v) is 3.47. The molecule has 18 heavy (non-hydrogen) atoms. The van der Waals surface area contributed by atoms with Gasteiger partial charge in [-0.3, -0.25) is 0 Å². The second-order valence-electron chi connectivity index (χ2n) is 5.49. The molecule has 2 unspecified atom stereocenters. The third-order valence-electron chi connectivity index (χ3n) is 4.44. The Hall–Kier alpha value is -1.09. The molecule has 0 radical (unpaired) electrons. The summed E-state index contributed by atoms with van der Waals surface area (Å²) in [5, 5.41) is 3.62. The Balaban J connectivity index is 1.92. The summed E-state index contributed by atoms with van der Waals surface area (Å²) in [7, 11) is 0. The molecule has 1 aromatic carbocycles. The molecule has 98 valence electrons. The Kier molecular flexibility index (Phi) is 3.25. The van der Waals surface area contributed by atoms with E-state index in [9.17, 15) is 4.39 Å². The summed E-state index contributed by atoms with van der Waals surface area (Å²) in [5.41, 5.74) is 1.89. The molecule has 2 aliphatic rings. The fraction of sp³-hybridized carbons (Fsp3) is 0.600. The average Bonchev–Trinajstić information content (AvgIpc) is 2.41. The molecular weight excluding hydrogens is 227 g/mol. The summed E-state index contributed by atoms with van der Waals surface area (Å²) in [6, 6.07) is 6.59. The summed E-state index contributed by atoms with van der Waals surface area (Å²) in [6.45, 7) is 3.90. The minimum absolute atomic E-state index is 0.0848. The molecule has 3 rings (SSSR count). The maximum Gasteiger partial charge on any atom is 0.128 e. The first-order valence-corrected chi connectivity index (χ1v) is 7.02. The molecule has 0 amide bonds. The molecule has 3 heteroatoms. The maximum atomic E-state index is 13.7. The van der Waals surface area contributed by atoms with Gasteiger partial charge in [0.25, 0.3) is 0 Å². The molecule has 1 aliphatic heterocycles. The molecule has 1 aromatic rings. The van der Waals surface area contributed by atoms with Gasteiger partial charge in [0, 0.05) is 36.4 Å². The van der Waals surface area contributed by atoms with E-state index in [0.29, 0.717) is 12.1 Å². The lowest BCUT2D eigenvalue weighted by Gasteiger charge is -2.46. The van der Waals surface area contributed by atoms with Crippen LogP contribution in [0.3, 0.4) is 0 Å². The van der Waals surface area contributed by atoms with Crippen LogP contribution in [0.5, 0.6) is 0 Å². The Labute approximate surface area is 108 Å². The molecule has 2 fully saturated rings. The van der Waals surface area contributed by atoms with E-state index in [2.05, 4.69) is 16.3 Å². The van der Waals surface area contributed by atoms with Crippen molar-refractivity contribution in [3.05, 3.63) is 29.6 Å². The van der Waals surface area contributed by atoms with E-state index in [-0.39, 0.29) is 5.82 Å². The average molecular weight is 248 g/mol. The van der Waals surface area contributed by atoms with Gasteiger partial charge in [0.05, 0.1) is 0 Å². The highest BCUT2D eigenvalue weighted by molar-refractivity contribution is 5.55. The third-order valence-corrected chi connectivity index (χ3v) is 4.44. The molecule has 1 saturated heterocycles. The molecule has 1 N–H and O–H groups in total. The van der Waals surface area contributed by atoms with Crippen LogP contribution in [0.1, 0.15) is 31.2 Å². The van der Waals surface area contributed by atoms with E-state index in [1.807, 2.05) is 13.0 Å². The largest absolute Gasteiger partial charge is 0.365 e. The second kappa shape index (κ2) is 4.88. The number of nitrogens with zero attached hydrogens (tertiary/aromatic N) is 1. The van der Waals surface area contributed by atoms with Gasteiger partial charge in [-0.15, -0.1) is 0 Å². The van der Waals surface area contributed by atoms with Crippen LogP contribution in [0.2, 0.25) is 0 Å². The van der Waals surface area contributed by atoms with Gasteiger partial charge >= 0.3 is 0 Å². The standard InChI is InChI=1S/C15H21FN2/c1-11-12(16)5-4-8-14(11)18-10-9-17-13-6-2-3-7-15(13)18/h4-5,8,13,15,17H,2-3,6-7,9-10H2,1H3. The molecule has 1 saturated carbocycles. The monoisotopic (exact) mass is 248 g/mol. The summed E-state index contributed by atoms with van der Waals surface area (Å²) < 4.78 is 13.7. The predicted molar refractivity (Wildman–Crippen MR) is 72.5 cm³/mol. The van der Waals surface area contributed by atoms with Crippen LogP contribution in [-0.4, -0.2) is 25.2 Å². The van der Waals surface area contributed by atoms with Crippen molar-refractivity contribution in [2.45, 2.75) is 44.7 Å². The number of anilines is 1. The number of benzene rings is 1. The molecule has 0 bridgehead atoms. The summed E-state index contributed by atoms with van der Waals surface area (Å²) in [5.74, 6) is -0.0848. The quantitative estimate of drug-likeness (QED) is 0.822. The van der Waals surface area contributed by atoms with Crippen LogP contribution in [0.15, 0.2) is 18.2 Å². The minimum Gasteiger partial charge on any atom is -0.365 e. The number of fused-ring (bicyclic) bond motifs is 1. The number of nitrogens with one attached hydrogen (secondary N) is 1. The van der Waals surface area contributed by atoms with Crippen LogP contribution in [0.4, 0.5) is 10.1 Å². The maximum absolute atomic E-state index is 13.7. The zero-order chi connectivity index (χ0) is 12.5. The molecule has 2 atom stereocenters. The van der Waals surface area contributed by atoms with Gasteiger partial charge in [-0.05, 0) is 31.9 Å². The highest BCUT2D eigenvalue weighted by atomic mass is 19.1. The topological polar surface area (TPSA) is 15.3 Å². The smallest absolute Gasteiger partial charge is 0.128 e. The van der Waals surface area contributed by atoms with Crippen molar-refractivity contribution >= 4 is 5.69 Å². The van der Waals surface area contributed by atoms with Crippen molar-refractivity contribution in [2.24, 2.45) is 0 Å². The minimum atomic E-state index is -0.0848. The Morgan fingerprint density at radius 1 is 1.28 bits per heavy atom. The van der Waals surface area contributed by atoms with Crippen LogP contribution in [0, 0.1) is 12.7 Å². The molecule has 1 aliphatic carbocycles. The molecule has 2 nitrogen and oxygen atoms in total.